The average molecular weight is 346 g/mol. The van der Waals surface area contributed by atoms with Crippen LogP contribution in [0.25, 0.3) is 0 Å². The number of rotatable bonds is 6. The van der Waals surface area contributed by atoms with E-state index in [1.54, 1.807) is 6.20 Å². The second-order valence-electron chi connectivity index (χ2n) is 7.39. The van der Waals surface area contributed by atoms with Crippen LogP contribution in [-0.4, -0.2) is 39.4 Å². The number of piperidine rings is 1. The molecule has 6 heteroatoms. The molecule has 6 nitrogen and oxygen atoms in total. The van der Waals surface area contributed by atoms with E-state index in [9.17, 15) is 9.59 Å². The summed E-state index contributed by atoms with van der Waals surface area (Å²) in [5.41, 5.74) is 0. The quantitative estimate of drug-likeness (QED) is 0.860. The lowest BCUT2D eigenvalue weighted by atomic mass is 9.87. The number of carbonyl (C=O) groups is 2. The van der Waals surface area contributed by atoms with Crippen LogP contribution in [0.5, 0.6) is 0 Å². The van der Waals surface area contributed by atoms with E-state index in [0.717, 1.165) is 18.9 Å². The molecule has 0 bridgehead atoms. The molecular weight excluding hydrogens is 316 g/mol. The van der Waals surface area contributed by atoms with Crippen LogP contribution < -0.4 is 5.32 Å². The first-order chi connectivity index (χ1) is 12.2. The third-order valence-electron chi connectivity index (χ3n) is 5.64. The zero-order chi connectivity index (χ0) is 17.6. The van der Waals surface area contributed by atoms with Gasteiger partial charge in [-0.1, -0.05) is 19.3 Å². The zero-order valence-electron chi connectivity index (χ0n) is 15.2. The third-order valence-corrected chi connectivity index (χ3v) is 5.64. The highest BCUT2D eigenvalue weighted by Crippen LogP contribution is 2.27. The van der Waals surface area contributed by atoms with E-state index in [1.807, 2.05) is 15.7 Å². The van der Waals surface area contributed by atoms with E-state index in [0.29, 0.717) is 31.8 Å². The monoisotopic (exact) mass is 346 g/mol. The van der Waals surface area contributed by atoms with E-state index in [-0.39, 0.29) is 17.7 Å². The highest BCUT2D eigenvalue weighted by molar-refractivity contribution is 5.83. The molecule has 0 radical (unpaired) electrons. The fraction of sp³-hybridized carbons (Fsp3) is 0.737. The van der Waals surface area contributed by atoms with Crippen molar-refractivity contribution in [2.75, 3.05) is 13.1 Å². The lowest BCUT2D eigenvalue weighted by molar-refractivity contribution is -0.139. The number of hydrogen-bond acceptors (Lipinski definition) is 3. The highest BCUT2D eigenvalue weighted by atomic mass is 16.2. The van der Waals surface area contributed by atoms with Crippen molar-refractivity contribution < 1.29 is 9.59 Å². The molecule has 1 atom stereocenters. The minimum atomic E-state index is -0.0914. The molecule has 1 saturated carbocycles. The largest absolute Gasteiger partial charge is 0.349 e. The molecule has 2 heterocycles. The van der Waals surface area contributed by atoms with Gasteiger partial charge in [-0.3, -0.25) is 9.59 Å². The second kappa shape index (κ2) is 8.50. The molecule has 2 fully saturated rings. The Morgan fingerprint density at radius 2 is 2.08 bits per heavy atom. The van der Waals surface area contributed by atoms with Gasteiger partial charge in [-0.2, -0.15) is 0 Å². The molecule has 1 aromatic rings. The minimum absolute atomic E-state index is 0.0480. The Morgan fingerprint density at radius 3 is 2.84 bits per heavy atom. The number of aromatic nitrogens is 2. The van der Waals surface area contributed by atoms with Gasteiger partial charge in [-0.05, 0) is 32.1 Å². The lowest BCUT2D eigenvalue weighted by Gasteiger charge is -2.35. The Kier molecular flexibility index (Phi) is 6.10. The standard InChI is InChI=1S/C19H30N4O2/c1-2-22-11-10-20-17(22)12-21-19(25)16-8-9-18(24)23(14-16)13-15-6-4-3-5-7-15/h10-11,15-16H,2-9,12-14H2,1H3,(H,21,25). The molecule has 2 amide bonds. The first kappa shape index (κ1) is 18.0. The van der Waals surface area contributed by atoms with Crippen LogP contribution in [-0.2, 0) is 22.7 Å². The molecular formula is C19H30N4O2. The van der Waals surface area contributed by atoms with Crippen LogP contribution in [0.3, 0.4) is 0 Å². The van der Waals surface area contributed by atoms with Gasteiger partial charge in [0.1, 0.15) is 5.82 Å². The van der Waals surface area contributed by atoms with Gasteiger partial charge in [-0.15, -0.1) is 0 Å². The number of likely N-dealkylation sites (tertiary alicyclic amines) is 1. The normalized spacial score (nSPS) is 22.2. The fourth-order valence-electron chi connectivity index (χ4n) is 4.09. The van der Waals surface area contributed by atoms with E-state index >= 15 is 0 Å². The number of amides is 2. The van der Waals surface area contributed by atoms with E-state index < -0.39 is 0 Å². The second-order valence-corrected chi connectivity index (χ2v) is 7.39. The number of aryl methyl sites for hydroxylation is 1. The van der Waals surface area contributed by atoms with E-state index in [1.165, 1.54) is 32.1 Å². The van der Waals surface area contributed by atoms with E-state index in [2.05, 4.69) is 17.2 Å². The smallest absolute Gasteiger partial charge is 0.225 e. The molecule has 2 aliphatic rings. The molecule has 1 saturated heterocycles. The molecule has 1 unspecified atom stereocenters. The van der Waals surface area contributed by atoms with Crippen molar-refractivity contribution in [3.05, 3.63) is 18.2 Å². The van der Waals surface area contributed by atoms with Crippen LogP contribution in [0.4, 0.5) is 0 Å². The molecule has 1 aliphatic heterocycles. The molecule has 0 aromatic carbocycles. The first-order valence-corrected chi connectivity index (χ1v) is 9.73. The number of carbonyl (C=O) groups excluding carboxylic acids is 2. The summed E-state index contributed by atoms with van der Waals surface area (Å²) >= 11 is 0. The summed E-state index contributed by atoms with van der Waals surface area (Å²) in [5.74, 6) is 1.67. The Balaban J connectivity index is 1.51. The Labute approximate surface area is 150 Å². The number of nitrogens with zero attached hydrogens (tertiary/aromatic N) is 3. The van der Waals surface area contributed by atoms with Gasteiger partial charge in [0, 0.05) is 38.4 Å². The SMILES string of the molecule is CCn1ccnc1CNC(=O)C1CCC(=O)N(CC2CCCCC2)C1. The summed E-state index contributed by atoms with van der Waals surface area (Å²) in [6.07, 6.45) is 11.2. The summed E-state index contributed by atoms with van der Waals surface area (Å²) in [5, 5.41) is 3.01. The van der Waals surface area contributed by atoms with Crippen LogP contribution in [0.1, 0.15) is 57.7 Å². The van der Waals surface area contributed by atoms with E-state index in [4.69, 9.17) is 0 Å². The van der Waals surface area contributed by atoms with Crippen molar-refractivity contribution in [3.8, 4) is 0 Å². The van der Waals surface area contributed by atoms with Crippen molar-refractivity contribution in [3.63, 3.8) is 0 Å². The molecule has 1 N–H and O–H groups in total. The zero-order valence-corrected chi connectivity index (χ0v) is 15.2. The Morgan fingerprint density at radius 1 is 1.28 bits per heavy atom. The predicted molar refractivity (Wildman–Crippen MR) is 95.6 cm³/mol. The summed E-state index contributed by atoms with van der Waals surface area (Å²) < 4.78 is 2.03. The summed E-state index contributed by atoms with van der Waals surface area (Å²) in [7, 11) is 0. The van der Waals surface area contributed by atoms with Crippen molar-refractivity contribution in [2.45, 2.75) is 65.0 Å². The van der Waals surface area contributed by atoms with Crippen molar-refractivity contribution in [1.82, 2.24) is 19.8 Å². The van der Waals surface area contributed by atoms with Crippen molar-refractivity contribution in [1.29, 1.82) is 0 Å². The Bertz CT molecular complexity index is 592. The maximum Gasteiger partial charge on any atom is 0.225 e. The maximum atomic E-state index is 12.6. The minimum Gasteiger partial charge on any atom is -0.349 e. The average Bonchev–Trinajstić information content (AvgIpc) is 3.10. The van der Waals surface area contributed by atoms with Gasteiger partial charge in [-0.25, -0.2) is 4.98 Å². The van der Waals surface area contributed by atoms with Gasteiger partial charge in [0.15, 0.2) is 0 Å². The molecule has 1 aliphatic carbocycles. The summed E-state index contributed by atoms with van der Waals surface area (Å²) in [4.78, 5) is 31.0. The molecule has 25 heavy (non-hydrogen) atoms. The van der Waals surface area contributed by atoms with Crippen LogP contribution in [0.2, 0.25) is 0 Å². The number of hydrogen-bond donors (Lipinski definition) is 1. The summed E-state index contributed by atoms with van der Waals surface area (Å²) in [6, 6.07) is 0. The van der Waals surface area contributed by atoms with Gasteiger partial charge in [0.05, 0.1) is 12.5 Å². The first-order valence-electron chi connectivity index (χ1n) is 9.73. The third kappa shape index (κ3) is 4.61. The van der Waals surface area contributed by atoms with Crippen LogP contribution in [0, 0.1) is 11.8 Å². The molecule has 3 rings (SSSR count). The highest BCUT2D eigenvalue weighted by Gasteiger charge is 2.31. The fourth-order valence-corrected chi connectivity index (χ4v) is 4.09. The number of imidazole rings is 1. The summed E-state index contributed by atoms with van der Waals surface area (Å²) in [6.45, 7) is 4.76. The van der Waals surface area contributed by atoms with Gasteiger partial charge in [0.2, 0.25) is 11.8 Å². The predicted octanol–water partition coefficient (Wildman–Crippen LogP) is 2.34. The van der Waals surface area contributed by atoms with Crippen molar-refractivity contribution in [2.24, 2.45) is 11.8 Å². The Hall–Kier alpha value is -1.85. The van der Waals surface area contributed by atoms with Crippen LogP contribution in [0.15, 0.2) is 12.4 Å². The van der Waals surface area contributed by atoms with Gasteiger partial charge < -0.3 is 14.8 Å². The topological polar surface area (TPSA) is 67.2 Å². The van der Waals surface area contributed by atoms with Gasteiger partial charge >= 0.3 is 0 Å². The number of nitrogens with one attached hydrogen (secondary N) is 1. The lowest BCUT2D eigenvalue weighted by Crippen LogP contribution is -2.47. The molecule has 0 spiro atoms. The van der Waals surface area contributed by atoms with Crippen molar-refractivity contribution >= 4 is 11.8 Å². The van der Waals surface area contributed by atoms with Gasteiger partial charge in [0.25, 0.3) is 0 Å². The molecule has 138 valence electrons. The maximum absolute atomic E-state index is 12.6. The molecule has 1 aromatic heterocycles. The van der Waals surface area contributed by atoms with Crippen LogP contribution >= 0.6 is 0 Å².